The number of carbonyl (C=O) groups excluding carboxylic acids is 5. The molecular formula is C52H57Cl2FN8O6. The summed E-state index contributed by atoms with van der Waals surface area (Å²) in [5.41, 5.74) is 4.54. The zero-order chi connectivity index (χ0) is 48.5. The number of imide groups is 1. The molecule has 14 nitrogen and oxygen atoms in total. The van der Waals surface area contributed by atoms with E-state index in [4.69, 9.17) is 27.9 Å². The highest BCUT2D eigenvalue weighted by Crippen LogP contribution is 2.57. The number of piperidine rings is 1. The molecule has 4 fully saturated rings. The first-order valence-electron chi connectivity index (χ1n) is 23.8. The van der Waals surface area contributed by atoms with E-state index in [-0.39, 0.29) is 52.6 Å². The Morgan fingerprint density at radius 2 is 1.74 bits per heavy atom. The van der Waals surface area contributed by atoms with Gasteiger partial charge in [0.15, 0.2) is 0 Å². The zero-order valence-corrected chi connectivity index (χ0v) is 40.6. The summed E-state index contributed by atoms with van der Waals surface area (Å²) in [7, 11) is 1.49. The summed E-state index contributed by atoms with van der Waals surface area (Å²) in [6, 6.07) is 20.0. The van der Waals surface area contributed by atoms with Crippen molar-refractivity contribution in [2.75, 3.05) is 55.4 Å². The average molecular weight is 980 g/mol. The van der Waals surface area contributed by atoms with E-state index in [0.717, 1.165) is 61.5 Å². The molecule has 1 saturated carbocycles. The van der Waals surface area contributed by atoms with Gasteiger partial charge in [-0.3, -0.25) is 34.2 Å². The number of hydrogen-bond acceptors (Lipinski definition) is 10. The van der Waals surface area contributed by atoms with Crippen molar-refractivity contribution in [2.24, 2.45) is 5.41 Å². The Morgan fingerprint density at radius 1 is 0.957 bits per heavy atom. The molecule has 5 N–H and O–H groups in total. The summed E-state index contributed by atoms with van der Waals surface area (Å²) in [5, 5.41) is 16.4. The lowest BCUT2D eigenvalue weighted by atomic mass is 9.63. The Bertz CT molecular complexity index is 2760. The third kappa shape index (κ3) is 8.69. The van der Waals surface area contributed by atoms with Crippen LogP contribution in [0.1, 0.15) is 96.2 Å². The van der Waals surface area contributed by atoms with Crippen LogP contribution in [-0.2, 0) is 26.3 Å². The van der Waals surface area contributed by atoms with Gasteiger partial charge in [-0.2, -0.15) is 0 Å². The van der Waals surface area contributed by atoms with E-state index in [0.29, 0.717) is 65.1 Å². The number of hydrogen-bond donors (Lipinski definition) is 5. The number of rotatable bonds is 10. The van der Waals surface area contributed by atoms with Crippen LogP contribution >= 0.6 is 23.2 Å². The quantitative estimate of drug-likeness (QED) is 0.106. The Morgan fingerprint density at radius 3 is 2.48 bits per heavy atom. The average Bonchev–Trinajstić information content (AvgIpc) is 3.95. The van der Waals surface area contributed by atoms with Crippen molar-refractivity contribution in [3.05, 3.63) is 116 Å². The Balaban J connectivity index is 0.771. The number of nitrogens with zero attached hydrogens (tertiary/aromatic N) is 3. The fourth-order valence-corrected chi connectivity index (χ4v) is 12.1. The van der Waals surface area contributed by atoms with Crippen LogP contribution < -0.4 is 36.2 Å². The molecule has 5 amide bonds. The van der Waals surface area contributed by atoms with Crippen LogP contribution in [-0.4, -0.2) is 109 Å². The van der Waals surface area contributed by atoms with Crippen LogP contribution in [0.5, 0.6) is 5.75 Å². The van der Waals surface area contributed by atoms with Gasteiger partial charge < -0.3 is 35.8 Å². The third-order valence-corrected chi connectivity index (χ3v) is 15.8. The molecule has 17 heteroatoms. The number of benzene rings is 4. The highest BCUT2D eigenvalue weighted by atomic mass is 35.5. The summed E-state index contributed by atoms with van der Waals surface area (Å²) in [6.07, 6.45) is 2.87. The van der Waals surface area contributed by atoms with Gasteiger partial charge in [-0.25, -0.2) is 4.39 Å². The van der Waals surface area contributed by atoms with Gasteiger partial charge in [0, 0.05) is 103 Å². The van der Waals surface area contributed by atoms with Gasteiger partial charge in [-0.15, -0.1) is 0 Å². The number of piperazine rings is 1. The molecule has 4 aromatic carbocycles. The van der Waals surface area contributed by atoms with Crippen LogP contribution in [0.3, 0.4) is 0 Å². The van der Waals surface area contributed by atoms with Gasteiger partial charge in [0.05, 0.1) is 23.9 Å². The monoisotopic (exact) mass is 978 g/mol. The normalized spacial score (nSPS) is 26.6. The first-order chi connectivity index (χ1) is 33.0. The van der Waals surface area contributed by atoms with E-state index in [1.165, 1.54) is 13.2 Å². The number of halogens is 3. The number of amides is 5. The van der Waals surface area contributed by atoms with Crippen molar-refractivity contribution in [3.63, 3.8) is 0 Å². The number of fused-ring (bicyclic) bond motifs is 3. The third-order valence-electron chi connectivity index (χ3n) is 15.2. The molecule has 3 saturated heterocycles. The SMILES string of the molecule is COc1cc(C(=O)NC2CC(N3CCN(c4ccc5c(c4)CN(C4CCC(=O)NC4=O)C5=O)CC3)C2)ccc1NC(=O)[C@@H]1N[C@@H](CC(C)(C)C)[C@@]2(CNc3cc(Cl)ccc32)[C@H]1c1cccc(Cl)c1F. The van der Waals surface area contributed by atoms with Gasteiger partial charge in [0.1, 0.15) is 17.6 Å². The Hall–Kier alpha value is -5.74. The zero-order valence-electron chi connectivity index (χ0n) is 39.1. The Kier molecular flexibility index (Phi) is 12.4. The van der Waals surface area contributed by atoms with E-state index in [1.54, 1.807) is 35.2 Å². The summed E-state index contributed by atoms with van der Waals surface area (Å²) < 4.78 is 22.1. The molecule has 6 aliphatic rings. The van der Waals surface area contributed by atoms with Crippen LogP contribution in [0, 0.1) is 11.2 Å². The number of carbonyl (C=O) groups is 5. The summed E-state index contributed by atoms with van der Waals surface area (Å²) in [5.74, 6) is -2.44. The van der Waals surface area contributed by atoms with E-state index >= 15 is 4.39 Å². The lowest BCUT2D eigenvalue weighted by Gasteiger charge is -2.47. The fourth-order valence-electron chi connectivity index (χ4n) is 11.8. The van der Waals surface area contributed by atoms with Crippen LogP contribution in [0.4, 0.5) is 21.5 Å². The molecule has 1 aliphatic carbocycles. The second kappa shape index (κ2) is 18.2. The second-order valence-corrected chi connectivity index (χ2v) is 21.5. The second-order valence-electron chi connectivity index (χ2n) is 20.6. The minimum Gasteiger partial charge on any atom is -0.495 e. The Labute approximate surface area is 411 Å². The molecule has 5 atom stereocenters. The predicted octanol–water partition coefficient (Wildman–Crippen LogP) is 6.85. The lowest BCUT2D eigenvalue weighted by Crippen LogP contribution is -2.58. The maximum absolute atomic E-state index is 16.3. The van der Waals surface area contributed by atoms with E-state index < -0.39 is 35.1 Å². The maximum Gasteiger partial charge on any atom is 0.255 e. The number of methoxy groups -OCH3 is 1. The van der Waals surface area contributed by atoms with E-state index in [1.807, 2.05) is 30.3 Å². The summed E-state index contributed by atoms with van der Waals surface area (Å²) >= 11 is 12.9. The molecule has 0 bridgehead atoms. The van der Waals surface area contributed by atoms with Crippen molar-refractivity contribution < 1.29 is 33.1 Å². The molecule has 4 aromatic rings. The van der Waals surface area contributed by atoms with Gasteiger partial charge in [-0.05, 0) is 102 Å². The molecule has 1 spiro atoms. The molecular weight excluding hydrogens is 923 g/mol. The van der Waals surface area contributed by atoms with Crippen LogP contribution in [0.25, 0.3) is 0 Å². The van der Waals surface area contributed by atoms with Gasteiger partial charge in [0.25, 0.3) is 11.8 Å². The highest BCUT2D eigenvalue weighted by Gasteiger charge is 2.61. The van der Waals surface area contributed by atoms with Gasteiger partial charge in [0.2, 0.25) is 17.7 Å². The van der Waals surface area contributed by atoms with Crippen molar-refractivity contribution >= 4 is 69.8 Å². The van der Waals surface area contributed by atoms with Gasteiger partial charge >= 0.3 is 0 Å². The fraction of sp³-hybridized carbons (Fsp3) is 0.442. The molecule has 5 aliphatic heterocycles. The molecule has 1 unspecified atom stereocenters. The predicted molar refractivity (Wildman–Crippen MR) is 263 cm³/mol. The maximum atomic E-state index is 16.3. The smallest absolute Gasteiger partial charge is 0.255 e. The number of ether oxygens (including phenoxy) is 1. The van der Waals surface area contributed by atoms with Crippen LogP contribution in [0.15, 0.2) is 72.8 Å². The molecule has 69 heavy (non-hydrogen) atoms. The summed E-state index contributed by atoms with van der Waals surface area (Å²) in [6.45, 7) is 10.6. The topological polar surface area (TPSA) is 164 Å². The number of anilines is 3. The molecule has 5 heterocycles. The lowest BCUT2D eigenvalue weighted by molar-refractivity contribution is -0.137. The first kappa shape index (κ1) is 47.0. The molecule has 0 radical (unpaired) electrons. The molecule has 362 valence electrons. The van der Waals surface area contributed by atoms with E-state index in [9.17, 15) is 24.0 Å². The van der Waals surface area contributed by atoms with Crippen molar-refractivity contribution in [2.45, 2.75) is 101 Å². The minimum absolute atomic E-state index is 0.00400. The standard InChI is InChI=1S/C52H57Cl2FN8O6/c1-51(2,3)25-42-52(27-56-39-22-30(53)9-12-36(39)52)44(35-6-5-7-37(54)45(35)55)46(59-42)49(67)58-38-13-8-28(21-41(38)69-4)47(65)57-31-23-33(24-31)62-18-16-61(17-19-62)32-10-11-34-29(20-32)26-63(50(34)68)40-14-15-43(64)60-48(40)66/h5-13,20-22,31,33,40,42,44,46,56,59H,14-19,23-27H2,1-4H3,(H,57,65)(H,58,67)(H,60,64,66)/t31?,33?,40?,42-,44-,46+,52-/m0/s1. The molecule has 0 aromatic heterocycles. The molecule has 10 rings (SSSR count). The van der Waals surface area contributed by atoms with Crippen molar-refractivity contribution in [1.82, 2.24) is 25.8 Å². The minimum atomic E-state index is -0.887. The highest BCUT2D eigenvalue weighted by molar-refractivity contribution is 6.31. The summed E-state index contributed by atoms with van der Waals surface area (Å²) in [4.78, 5) is 72.1. The van der Waals surface area contributed by atoms with Crippen molar-refractivity contribution in [3.8, 4) is 5.75 Å². The first-order valence-corrected chi connectivity index (χ1v) is 24.6. The largest absolute Gasteiger partial charge is 0.495 e. The van der Waals surface area contributed by atoms with Gasteiger partial charge in [-0.1, -0.05) is 62.2 Å². The van der Waals surface area contributed by atoms with Crippen LogP contribution in [0.2, 0.25) is 10.0 Å². The van der Waals surface area contributed by atoms with Crippen molar-refractivity contribution in [1.29, 1.82) is 0 Å². The van der Waals surface area contributed by atoms with E-state index in [2.05, 4.69) is 63.2 Å². The number of nitrogens with one attached hydrogen (secondary N) is 5.